The van der Waals surface area contributed by atoms with Crippen LogP contribution in [0.3, 0.4) is 0 Å². The summed E-state index contributed by atoms with van der Waals surface area (Å²) in [6, 6.07) is 10.1. The first-order valence-electron chi connectivity index (χ1n) is 7.93. The Morgan fingerprint density at radius 3 is 2.14 bits per heavy atom. The standard InChI is InChI=1S/C17H23NO2S/c19-21(20,14-13-15-7-3-1-4-8-15)18(17-11-12-17)16-9-5-2-6-10-16/h1,3-4,7-8,13-14,16-17H,2,5-6,9-12H2/b14-13+. The van der Waals surface area contributed by atoms with Crippen molar-refractivity contribution in [2.75, 3.05) is 0 Å². The van der Waals surface area contributed by atoms with Crippen molar-refractivity contribution in [1.29, 1.82) is 0 Å². The van der Waals surface area contributed by atoms with Gasteiger partial charge in [0, 0.05) is 17.5 Å². The van der Waals surface area contributed by atoms with E-state index in [4.69, 9.17) is 0 Å². The molecule has 0 radical (unpaired) electrons. The molecule has 1 aromatic carbocycles. The zero-order valence-corrected chi connectivity index (χ0v) is 13.1. The first-order valence-corrected chi connectivity index (χ1v) is 9.44. The summed E-state index contributed by atoms with van der Waals surface area (Å²) in [6.45, 7) is 0. The van der Waals surface area contributed by atoms with Crippen LogP contribution in [0.25, 0.3) is 6.08 Å². The molecule has 2 aliphatic rings. The molecule has 2 saturated carbocycles. The van der Waals surface area contributed by atoms with Crippen molar-refractivity contribution >= 4 is 16.1 Å². The maximum Gasteiger partial charge on any atom is 0.236 e. The van der Waals surface area contributed by atoms with Crippen LogP contribution in [0.2, 0.25) is 0 Å². The molecule has 0 atom stereocenters. The summed E-state index contributed by atoms with van der Waals surface area (Å²) >= 11 is 0. The van der Waals surface area contributed by atoms with Gasteiger partial charge in [0.2, 0.25) is 10.0 Å². The lowest BCUT2D eigenvalue weighted by Crippen LogP contribution is -2.41. The van der Waals surface area contributed by atoms with E-state index in [-0.39, 0.29) is 12.1 Å². The summed E-state index contributed by atoms with van der Waals surface area (Å²) in [7, 11) is -3.30. The molecule has 0 saturated heterocycles. The summed E-state index contributed by atoms with van der Waals surface area (Å²) < 4.78 is 27.3. The Bertz CT molecular complexity index is 584. The molecule has 0 aliphatic heterocycles. The number of hydrogen-bond acceptors (Lipinski definition) is 2. The highest BCUT2D eigenvalue weighted by atomic mass is 32.2. The van der Waals surface area contributed by atoms with Crippen LogP contribution in [0.15, 0.2) is 35.7 Å². The largest absolute Gasteiger partial charge is 0.236 e. The van der Waals surface area contributed by atoms with Crippen molar-refractivity contribution < 1.29 is 8.42 Å². The lowest BCUT2D eigenvalue weighted by atomic mass is 9.95. The number of nitrogens with zero attached hydrogens (tertiary/aromatic N) is 1. The molecule has 0 heterocycles. The molecule has 3 rings (SSSR count). The van der Waals surface area contributed by atoms with Gasteiger partial charge in [0.25, 0.3) is 0 Å². The van der Waals surface area contributed by atoms with Gasteiger partial charge in [0.1, 0.15) is 0 Å². The minimum absolute atomic E-state index is 0.219. The zero-order valence-electron chi connectivity index (χ0n) is 12.3. The Balaban J connectivity index is 1.79. The van der Waals surface area contributed by atoms with E-state index < -0.39 is 10.0 Å². The topological polar surface area (TPSA) is 37.4 Å². The quantitative estimate of drug-likeness (QED) is 0.830. The molecule has 2 fully saturated rings. The second kappa shape index (κ2) is 6.32. The Morgan fingerprint density at radius 2 is 1.52 bits per heavy atom. The molecular weight excluding hydrogens is 282 g/mol. The predicted molar refractivity (Wildman–Crippen MR) is 86.1 cm³/mol. The molecule has 0 amide bonds. The summed E-state index contributed by atoms with van der Waals surface area (Å²) in [5, 5.41) is 1.40. The van der Waals surface area contributed by atoms with Gasteiger partial charge in [-0.3, -0.25) is 0 Å². The molecule has 2 aliphatic carbocycles. The second-order valence-corrected chi connectivity index (χ2v) is 7.84. The van der Waals surface area contributed by atoms with E-state index in [0.717, 1.165) is 44.1 Å². The molecule has 114 valence electrons. The normalized spacial score (nSPS) is 21.2. The van der Waals surface area contributed by atoms with E-state index in [0.29, 0.717) is 0 Å². The average molecular weight is 305 g/mol. The number of sulfonamides is 1. The van der Waals surface area contributed by atoms with Crippen molar-refractivity contribution in [3.05, 3.63) is 41.3 Å². The van der Waals surface area contributed by atoms with Gasteiger partial charge in [-0.25, -0.2) is 8.42 Å². The molecule has 0 bridgehead atoms. The van der Waals surface area contributed by atoms with Crippen molar-refractivity contribution in [3.63, 3.8) is 0 Å². The van der Waals surface area contributed by atoms with E-state index in [9.17, 15) is 8.42 Å². The van der Waals surface area contributed by atoms with E-state index >= 15 is 0 Å². The minimum atomic E-state index is -3.30. The van der Waals surface area contributed by atoms with Crippen LogP contribution in [0, 0.1) is 0 Å². The number of rotatable bonds is 5. The Morgan fingerprint density at radius 1 is 0.905 bits per heavy atom. The molecular formula is C17H23NO2S. The van der Waals surface area contributed by atoms with Crippen molar-refractivity contribution in [2.45, 2.75) is 57.0 Å². The summed E-state index contributed by atoms with van der Waals surface area (Å²) in [5.74, 6) is 0. The summed E-state index contributed by atoms with van der Waals surface area (Å²) in [6.07, 6.45) is 9.37. The molecule has 0 unspecified atom stereocenters. The SMILES string of the molecule is O=S(=O)(/C=C/c1ccccc1)N(C1CCCCC1)C1CC1. The van der Waals surface area contributed by atoms with Crippen molar-refractivity contribution in [3.8, 4) is 0 Å². The fourth-order valence-electron chi connectivity index (χ4n) is 3.18. The molecule has 0 N–H and O–H groups in total. The van der Waals surface area contributed by atoms with Gasteiger partial charge >= 0.3 is 0 Å². The lowest BCUT2D eigenvalue weighted by Gasteiger charge is -2.32. The first-order chi connectivity index (χ1) is 10.2. The van der Waals surface area contributed by atoms with Crippen LogP contribution in [-0.2, 0) is 10.0 Å². The van der Waals surface area contributed by atoms with Gasteiger partial charge in [-0.2, -0.15) is 4.31 Å². The van der Waals surface area contributed by atoms with Gasteiger partial charge in [0.05, 0.1) is 0 Å². The molecule has 0 aromatic heterocycles. The van der Waals surface area contributed by atoms with Gasteiger partial charge in [-0.05, 0) is 37.3 Å². The maximum atomic E-state index is 12.7. The first kappa shape index (κ1) is 14.8. The fourth-order valence-corrected chi connectivity index (χ4v) is 4.90. The second-order valence-electron chi connectivity index (χ2n) is 6.11. The predicted octanol–water partition coefficient (Wildman–Crippen LogP) is 3.78. The summed E-state index contributed by atoms with van der Waals surface area (Å²) in [5.41, 5.74) is 0.931. The van der Waals surface area contributed by atoms with E-state index in [2.05, 4.69) is 0 Å². The molecule has 4 heteroatoms. The van der Waals surface area contributed by atoms with Gasteiger partial charge in [-0.1, -0.05) is 49.6 Å². The highest BCUT2D eigenvalue weighted by Crippen LogP contribution is 2.36. The van der Waals surface area contributed by atoms with Gasteiger partial charge in [-0.15, -0.1) is 0 Å². The monoisotopic (exact) mass is 305 g/mol. The zero-order chi connectivity index (χ0) is 14.7. The fraction of sp³-hybridized carbons (Fsp3) is 0.529. The van der Waals surface area contributed by atoms with Crippen LogP contribution < -0.4 is 0 Å². The van der Waals surface area contributed by atoms with Crippen LogP contribution in [-0.4, -0.2) is 24.8 Å². The van der Waals surface area contributed by atoms with Crippen LogP contribution >= 0.6 is 0 Å². The van der Waals surface area contributed by atoms with Crippen LogP contribution in [0.1, 0.15) is 50.5 Å². The van der Waals surface area contributed by atoms with Gasteiger partial charge < -0.3 is 0 Å². The number of benzene rings is 1. The maximum absolute atomic E-state index is 12.7. The highest BCUT2D eigenvalue weighted by Gasteiger charge is 2.40. The lowest BCUT2D eigenvalue weighted by molar-refractivity contribution is 0.249. The third kappa shape index (κ3) is 3.74. The summed E-state index contributed by atoms with van der Waals surface area (Å²) in [4.78, 5) is 0. The van der Waals surface area contributed by atoms with Crippen LogP contribution in [0.5, 0.6) is 0 Å². The Kier molecular flexibility index (Phi) is 4.45. The van der Waals surface area contributed by atoms with Crippen LogP contribution in [0.4, 0.5) is 0 Å². The average Bonchev–Trinajstić information content (AvgIpc) is 3.32. The highest BCUT2D eigenvalue weighted by molar-refractivity contribution is 7.92. The molecule has 3 nitrogen and oxygen atoms in total. The van der Waals surface area contributed by atoms with Crippen molar-refractivity contribution in [2.24, 2.45) is 0 Å². The Labute approximate surface area is 127 Å². The molecule has 1 aromatic rings. The number of hydrogen-bond donors (Lipinski definition) is 0. The molecule has 21 heavy (non-hydrogen) atoms. The van der Waals surface area contributed by atoms with Crippen molar-refractivity contribution in [1.82, 2.24) is 4.31 Å². The third-order valence-corrected chi connectivity index (χ3v) is 6.03. The van der Waals surface area contributed by atoms with E-state index in [1.165, 1.54) is 11.8 Å². The smallest absolute Gasteiger partial charge is 0.207 e. The Hall–Kier alpha value is -1.13. The van der Waals surface area contributed by atoms with Gasteiger partial charge in [0.15, 0.2) is 0 Å². The minimum Gasteiger partial charge on any atom is -0.207 e. The third-order valence-electron chi connectivity index (χ3n) is 4.37. The van der Waals surface area contributed by atoms with E-state index in [1.807, 2.05) is 34.6 Å². The molecule has 0 spiro atoms. The van der Waals surface area contributed by atoms with E-state index in [1.54, 1.807) is 6.08 Å².